The Bertz CT molecular complexity index is 1180. The smallest absolute Gasteiger partial charge is 0.472 e. The van der Waals surface area contributed by atoms with Gasteiger partial charge in [0, 0.05) is 12.8 Å². The average Bonchev–Trinajstić information content (AvgIpc) is 3.17. The number of phosphoric acid groups is 1. The number of unbranched alkanes of at least 4 members (excludes halogenated alkanes) is 15. The van der Waals surface area contributed by atoms with Crippen molar-refractivity contribution >= 4 is 25.7 Å². The summed E-state index contributed by atoms with van der Waals surface area (Å²) in [5.41, 5.74) is 5.32. The largest absolute Gasteiger partial charge is 0.480 e. The number of allylic oxidation sites excluding steroid dienone is 10. The monoisotopic (exact) mass is 810 g/mol. The van der Waals surface area contributed by atoms with Gasteiger partial charge in [-0.3, -0.25) is 23.4 Å². The number of rotatable bonds is 39. The third-order valence-electron chi connectivity index (χ3n) is 8.74. The van der Waals surface area contributed by atoms with Gasteiger partial charge in [0.15, 0.2) is 6.10 Å². The molecule has 0 aliphatic carbocycles. The molecule has 0 aromatic heterocycles. The fraction of sp³-hybridized carbons (Fsp3) is 0.705. The van der Waals surface area contributed by atoms with Crippen molar-refractivity contribution in [1.29, 1.82) is 0 Å². The van der Waals surface area contributed by atoms with Gasteiger partial charge in [0.1, 0.15) is 12.6 Å². The van der Waals surface area contributed by atoms with Crippen LogP contribution in [-0.2, 0) is 37.5 Å². The molecule has 56 heavy (non-hydrogen) atoms. The summed E-state index contributed by atoms with van der Waals surface area (Å²) in [6, 6.07) is -1.53. The molecular weight excluding hydrogens is 733 g/mol. The highest BCUT2D eigenvalue weighted by atomic mass is 31.2. The third-order valence-corrected chi connectivity index (χ3v) is 9.69. The van der Waals surface area contributed by atoms with Crippen LogP contribution in [0.3, 0.4) is 0 Å². The molecule has 0 saturated heterocycles. The lowest BCUT2D eigenvalue weighted by molar-refractivity contribution is -0.161. The van der Waals surface area contributed by atoms with Crippen LogP contribution in [0.25, 0.3) is 0 Å². The summed E-state index contributed by atoms with van der Waals surface area (Å²) in [4.78, 5) is 45.9. The molecule has 0 radical (unpaired) electrons. The van der Waals surface area contributed by atoms with Crippen molar-refractivity contribution in [3.63, 3.8) is 0 Å². The van der Waals surface area contributed by atoms with E-state index in [1.807, 2.05) is 12.2 Å². The SMILES string of the molecule is CCCCC/C=C/C/C=C/C/C=C/C/C=C/CCCC(=O)O[C@H](COC(=O)CCCCCCC/C=C/CCCCCCCC)COP(=O)(O)OC[C@H](N)C(=O)O. The zero-order valence-corrected chi connectivity index (χ0v) is 35.6. The molecule has 0 aromatic rings. The minimum absolute atomic E-state index is 0.0815. The second-order valence-corrected chi connectivity index (χ2v) is 15.6. The number of hydrogen-bond acceptors (Lipinski definition) is 9. The Kier molecular flexibility index (Phi) is 37.1. The van der Waals surface area contributed by atoms with E-state index in [1.165, 1.54) is 57.8 Å². The van der Waals surface area contributed by atoms with Crippen LogP contribution in [0.5, 0.6) is 0 Å². The van der Waals surface area contributed by atoms with Gasteiger partial charge in [-0.25, -0.2) is 4.57 Å². The molecule has 0 fully saturated rings. The number of carboxylic acids is 1. The van der Waals surface area contributed by atoms with E-state index in [1.54, 1.807) is 0 Å². The van der Waals surface area contributed by atoms with Crippen molar-refractivity contribution in [3.8, 4) is 0 Å². The van der Waals surface area contributed by atoms with Crippen molar-refractivity contribution in [3.05, 3.63) is 60.8 Å². The highest BCUT2D eigenvalue weighted by Gasteiger charge is 2.28. The molecule has 322 valence electrons. The lowest BCUT2D eigenvalue weighted by Gasteiger charge is -2.20. The maximum atomic E-state index is 12.6. The number of esters is 2. The highest BCUT2D eigenvalue weighted by molar-refractivity contribution is 7.47. The molecule has 0 saturated carbocycles. The van der Waals surface area contributed by atoms with Crippen molar-refractivity contribution < 1.29 is 47.5 Å². The molecule has 0 rings (SSSR count). The number of phosphoric ester groups is 1. The van der Waals surface area contributed by atoms with Crippen LogP contribution in [0.15, 0.2) is 60.8 Å². The van der Waals surface area contributed by atoms with Gasteiger partial charge in [-0.2, -0.15) is 0 Å². The maximum Gasteiger partial charge on any atom is 0.472 e. The van der Waals surface area contributed by atoms with Crippen molar-refractivity contribution in [2.24, 2.45) is 5.73 Å². The van der Waals surface area contributed by atoms with E-state index < -0.39 is 51.1 Å². The highest BCUT2D eigenvalue weighted by Crippen LogP contribution is 2.43. The predicted molar refractivity (Wildman–Crippen MR) is 226 cm³/mol. The molecule has 0 amide bonds. The van der Waals surface area contributed by atoms with Crippen LogP contribution in [-0.4, -0.2) is 59.9 Å². The normalized spacial score (nSPS) is 14.4. The minimum atomic E-state index is -4.73. The van der Waals surface area contributed by atoms with Gasteiger partial charge in [-0.1, -0.05) is 139 Å². The van der Waals surface area contributed by atoms with Gasteiger partial charge in [0.05, 0.1) is 13.2 Å². The predicted octanol–water partition coefficient (Wildman–Crippen LogP) is 11.2. The van der Waals surface area contributed by atoms with Crippen LogP contribution < -0.4 is 5.73 Å². The van der Waals surface area contributed by atoms with Crippen LogP contribution in [0.4, 0.5) is 0 Å². The molecule has 0 aromatic carbocycles. The van der Waals surface area contributed by atoms with Crippen molar-refractivity contribution in [1.82, 2.24) is 0 Å². The van der Waals surface area contributed by atoms with Crippen LogP contribution in [0.1, 0.15) is 168 Å². The first-order valence-electron chi connectivity index (χ1n) is 21.3. The van der Waals surface area contributed by atoms with Gasteiger partial charge in [0.25, 0.3) is 0 Å². The molecule has 12 heteroatoms. The van der Waals surface area contributed by atoms with E-state index in [9.17, 15) is 23.8 Å². The summed E-state index contributed by atoms with van der Waals surface area (Å²) in [6.07, 6.45) is 44.3. The zero-order chi connectivity index (χ0) is 41.4. The average molecular weight is 810 g/mol. The number of hydrogen-bond donors (Lipinski definition) is 3. The topological polar surface area (TPSA) is 172 Å². The fourth-order valence-electron chi connectivity index (χ4n) is 5.34. The zero-order valence-electron chi connectivity index (χ0n) is 34.7. The minimum Gasteiger partial charge on any atom is -0.480 e. The second kappa shape index (κ2) is 39.0. The van der Waals surface area contributed by atoms with Crippen molar-refractivity contribution in [2.75, 3.05) is 19.8 Å². The van der Waals surface area contributed by atoms with Crippen LogP contribution >= 0.6 is 7.82 Å². The number of aliphatic carboxylic acids is 1. The van der Waals surface area contributed by atoms with Gasteiger partial charge in [0.2, 0.25) is 0 Å². The Morgan fingerprint density at radius 2 is 0.964 bits per heavy atom. The number of carbonyl (C=O) groups is 3. The molecule has 0 heterocycles. The molecule has 4 N–H and O–H groups in total. The summed E-state index contributed by atoms with van der Waals surface area (Å²) >= 11 is 0. The summed E-state index contributed by atoms with van der Waals surface area (Å²) in [6.45, 7) is 2.69. The van der Waals surface area contributed by atoms with Gasteiger partial charge in [-0.05, 0) is 77.0 Å². The summed E-state index contributed by atoms with van der Waals surface area (Å²) in [7, 11) is -4.73. The first kappa shape index (κ1) is 53.2. The van der Waals surface area contributed by atoms with Crippen molar-refractivity contribution in [2.45, 2.75) is 180 Å². The van der Waals surface area contributed by atoms with Crippen LogP contribution in [0, 0.1) is 0 Å². The summed E-state index contributed by atoms with van der Waals surface area (Å²) < 4.78 is 32.6. The van der Waals surface area contributed by atoms with Gasteiger partial charge >= 0.3 is 25.7 Å². The lowest BCUT2D eigenvalue weighted by atomic mass is 10.1. The number of ether oxygens (including phenoxy) is 2. The summed E-state index contributed by atoms with van der Waals surface area (Å²) in [5, 5.41) is 8.88. The fourth-order valence-corrected chi connectivity index (χ4v) is 6.12. The van der Waals surface area contributed by atoms with E-state index in [0.717, 1.165) is 64.2 Å². The quantitative estimate of drug-likeness (QED) is 0.0233. The Morgan fingerprint density at radius 3 is 1.52 bits per heavy atom. The first-order valence-corrected chi connectivity index (χ1v) is 22.8. The van der Waals surface area contributed by atoms with E-state index >= 15 is 0 Å². The van der Waals surface area contributed by atoms with E-state index in [0.29, 0.717) is 19.3 Å². The molecular formula is C44H76NO10P. The molecule has 0 aliphatic rings. The Morgan fingerprint density at radius 1 is 0.554 bits per heavy atom. The van der Waals surface area contributed by atoms with E-state index in [-0.39, 0.29) is 19.4 Å². The Balaban J connectivity index is 4.50. The Hall–Kier alpha value is -2.82. The third kappa shape index (κ3) is 38.1. The maximum absolute atomic E-state index is 12.6. The molecule has 0 aliphatic heterocycles. The van der Waals surface area contributed by atoms with E-state index in [2.05, 4.69) is 67.0 Å². The number of nitrogens with two attached hydrogens (primary N) is 1. The Labute approximate surface area is 338 Å². The standard InChI is InChI=1S/C44H76NO10P/c1-3-5-7-9-11-13-15-17-19-20-22-24-26-28-30-32-34-36-43(47)55-40(38-53-56(50,51)54-39-41(45)44(48)49)37-52-42(46)35-33-31-29-27-25-23-21-18-16-14-12-10-8-6-4-2/h11,13,17-19,21-22,24,28,30,40-41H,3-10,12,14-16,20,23,25-27,29,31-39,45H2,1-2H3,(H,48,49)(H,50,51)/b13-11+,19-17+,21-18+,24-22+,30-28+/t40-,41+/m1/s1. The van der Waals surface area contributed by atoms with E-state index in [4.69, 9.17) is 24.8 Å². The second-order valence-electron chi connectivity index (χ2n) is 14.1. The van der Waals surface area contributed by atoms with Gasteiger partial charge in [-0.15, -0.1) is 0 Å². The molecule has 1 unspecified atom stereocenters. The molecule has 11 nitrogen and oxygen atoms in total. The number of carboxylic acid groups (broad SMARTS) is 1. The van der Waals surface area contributed by atoms with Gasteiger partial charge < -0.3 is 25.2 Å². The molecule has 0 bridgehead atoms. The molecule has 3 atom stereocenters. The van der Waals surface area contributed by atoms with Crippen LogP contribution in [0.2, 0.25) is 0 Å². The first-order chi connectivity index (χ1) is 27.1. The lowest BCUT2D eigenvalue weighted by Crippen LogP contribution is -2.34. The number of carbonyl (C=O) groups excluding carboxylic acids is 2. The molecule has 0 spiro atoms. The summed E-state index contributed by atoms with van der Waals surface area (Å²) in [5.74, 6) is -2.47.